The summed E-state index contributed by atoms with van der Waals surface area (Å²) >= 11 is 0. The van der Waals surface area contributed by atoms with Gasteiger partial charge in [-0.25, -0.2) is 0 Å². The van der Waals surface area contributed by atoms with Crippen LogP contribution in [-0.2, 0) is 0 Å². The molecule has 0 bridgehead atoms. The smallest absolute Gasteiger partial charge is 0.0641 e. The Bertz CT molecular complexity index is 424. The van der Waals surface area contributed by atoms with Gasteiger partial charge >= 0.3 is 0 Å². The summed E-state index contributed by atoms with van der Waals surface area (Å²) in [6.07, 6.45) is 4.35. The molecule has 102 valence electrons. The number of hydrogen-bond donors (Lipinski definition) is 0. The fraction of sp³-hybridized carbons (Fsp3) is 0.588. The van der Waals surface area contributed by atoms with Crippen LogP contribution in [0.4, 0.5) is 0 Å². The van der Waals surface area contributed by atoms with Crippen LogP contribution in [0.2, 0.25) is 0 Å². The largest absolute Gasteiger partial charge is 0.295 e. The van der Waals surface area contributed by atoms with Crippen molar-refractivity contribution in [3.8, 4) is 6.07 Å². The molecule has 0 saturated carbocycles. The first-order valence-electron chi connectivity index (χ1n) is 7.34. The Morgan fingerprint density at radius 1 is 1.26 bits per heavy atom. The Morgan fingerprint density at radius 3 is 2.42 bits per heavy atom. The summed E-state index contributed by atoms with van der Waals surface area (Å²) in [4.78, 5) is 2.50. The topological polar surface area (TPSA) is 27.0 Å². The van der Waals surface area contributed by atoms with Gasteiger partial charge in [0.05, 0.1) is 12.5 Å². The summed E-state index contributed by atoms with van der Waals surface area (Å²) < 4.78 is 0. The molecule has 1 aliphatic rings. The molecular weight excluding hydrogens is 232 g/mol. The molecule has 0 radical (unpaired) electrons. The van der Waals surface area contributed by atoms with E-state index in [0.29, 0.717) is 11.8 Å². The van der Waals surface area contributed by atoms with Crippen molar-refractivity contribution in [2.75, 3.05) is 13.1 Å². The van der Waals surface area contributed by atoms with Gasteiger partial charge in [-0.1, -0.05) is 50.6 Å². The van der Waals surface area contributed by atoms with Crippen LogP contribution in [0.3, 0.4) is 0 Å². The zero-order chi connectivity index (χ0) is 13.7. The number of nitrogens with zero attached hydrogens (tertiary/aromatic N) is 2. The van der Waals surface area contributed by atoms with Crippen LogP contribution in [0.25, 0.3) is 0 Å². The van der Waals surface area contributed by atoms with E-state index in [1.54, 1.807) is 0 Å². The fourth-order valence-corrected chi connectivity index (χ4v) is 2.95. The van der Waals surface area contributed by atoms with E-state index in [2.05, 4.69) is 49.1 Å². The highest BCUT2D eigenvalue weighted by Crippen LogP contribution is 2.37. The van der Waals surface area contributed by atoms with Gasteiger partial charge in [-0.3, -0.25) is 4.90 Å². The lowest BCUT2D eigenvalue weighted by atomic mass is 9.77. The average Bonchev–Trinajstić information content (AvgIpc) is 2.47. The first kappa shape index (κ1) is 14.1. The molecule has 0 spiro atoms. The number of nitriles is 1. The highest BCUT2D eigenvalue weighted by atomic mass is 15.2. The lowest BCUT2D eigenvalue weighted by Gasteiger charge is -2.42. The van der Waals surface area contributed by atoms with Gasteiger partial charge in [0.2, 0.25) is 0 Å². The first-order valence-corrected chi connectivity index (χ1v) is 7.34. The minimum atomic E-state index is 0.271. The maximum absolute atomic E-state index is 9.10. The minimum Gasteiger partial charge on any atom is -0.295 e. The third-order valence-electron chi connectivity index (χ3n) is 4.77. The van der Waals surface area contributed by atoms with Crippen LogP contribution in [0.15, 0.2) is 30.3 Å². The van der Waals surface area contributed by atoms with Crippen molar-refractivity contribution in [1.82, 2.24) is 4.90 Å². The third-order valence-corrected chi connectivity index (χ3v) is 4.77. The molecule has 2 nitrogen and oxygen atoms in total. The first-order chi connectivity index (χ1) is 9.18. The summed E-state index contributed by atoms with van der Waals surface area (Å²) in [5, 5.41) is 9.10. The van der Waals surface area contributed by atoms with Gasteiger partial charge in [0.15, 0.2) is 0 Å². The van der Waals surface area contributed by atoms with Gasteiger partial charge < -0.3 is 0 Å². The number of rotatable bonds is 4. The van der Waals surface area contributed by atoms with E-state index in [4.69, 9.17) is 5.26 Å². The summed E-state index contributed by atoms with van der Waals surface area (Å²) in [6.45, 7) is 6.92. The molecule has 1 atom stereocenters. The lowest BCUT2D eigenvalue weighted by Crippen LogP contribution is -2.40. The predicted octanol–water partition coefficient (Wildman–Crippen LogP) is 4.15. The maximum atomic E-state index is 9.10. The van der Waals surface area contributed by atoms with Gasteiger partial charge in [-0.15, -0.1) is 0 Å². The van der Waals surface area contributed by atoms with Crippen molar-refractivity contribution >= 4 is 0 Å². The second-order valence-corrected chi connectivity index (χ2v) is 5.99. The van der Waals surface area contributed by atoms with Crippen molar-refractivity contribution in [2.24, 2.45) is 5.41 Å². The van der Waals surface area contributed by atoms with Crippen LogP contribution in [-0.4, -0.2) is 18.0 Å². The molecule has 1 aromatic rings. The zero-order valence-corrected chi connectivity index (χ0v) is 12.1. The van der Waals surface area contributed by atoms with Crippen molar-refractivity contribution in [1.29, 1.82) is 5.26 Å². The molecule has 2 rings (SSSR count). The third kappa shape index (κ3) is 3.36. The average molecular weight is 256 g/mol. The molecule has 0 aliphatic carbocycles. The van der Waals surface area contributed by atoms with E-state index in [1.807, 2.05) is 6.07 Å². The molecule has 1 aromatic carbocycles. The molecule has 1 saturated heterocycles. The van der Waals surface area contributed by atoms with E-state index in [0.717, 1.165) is 13.1 Å². The summed E-state index contributed by atoms with van der Waals surface area (Å²) in [5.41, 5.74) is 1.79. The van der Waals surface area contributed by atoms with Crippen LogP contribution in [0.1, 0.15) is 51.1 Å². The highest BCUT2D eigenvalue weighted by molar-refractivity contribution is 5.20. The summed E-state index contributed by atoms with van der Waals surface area (Å²) in [6, 6.07) is 13.1. The molecule has 2 heteroatoms. The van der Waals surface area contributed by atoms with Crippen LogP contribution in [0, 0.1) is 16.7 Å². The lowest BCUT2D eigenvalue weighted by molar-refractivity contribution is 0.0816. The van der Waals surface area contributed by atoms with Crippen molar-refractivity contribution in [3.63, 3.8) is 0 Å². The van der Waals surface area contributed by atoms with Gasteiger partial charge in [0.1, 0.15) is 0 Å². The van der Waals surface area contributed by atoms with Gasteiger partial charge in [0.25, 0.3) is 0 Å². The molecule has 1 heterocycles. The van der Waals surface area contributed by atoms with Crippen LogP contribution < -0.4 is 0 Å². The Kier molecular flexibility index (Phi) is 4.61. The Balaban J connectivity index is 2.08. The maximum Gasteiger partial charge on any atom is 0.0641 e. The zero-order valence-electron chi connectivity index (χ0n) is 12.1. The normalized spacial score (nSPS) is 20.7. The summed E-state index contributed by atoms with van der Waals surface area (Å²) in [5.74, 6) is 0. The summed E-state index contributed by atoms with van der Waals surface area (Å²) in [7, 11) is 0. The number of piperidine rings is 1. The van der Waals surface area contributed by atoms with Crippen molar-refractivity contribution in [3.05, 3.63) is 35.9 Å². The number of likely N-dealkylation sites (tertiary alicyclic amines) is 1. The predicted molar refractivity (Wildman–Crippen MR) is 78.6 cm³/mol. The van der Waals surface area contributed by atoms with Gasteiger partial charge in [0, 0.05) is 6.04 Å². The van der Waals surface area contributed by atoms with E-state index >= 15 is 0 Å². The second kappa shape index (κ2) is 6.21. The molecule has 0 N–H and O–H groups in total. The van der Waals surface area contributed by atoms with E-state index in [1.165, 1.54) is 24.8 Å². The molecule has 19 heavy (non-hydrogen) atoms. The SMILES string of the molecule is CCC1(C)CCN(C(CC#N)c2ccccc2)CC1. The number of hydrogen-bond acceptors (Lipinski definition) is 2. The van der Waals surface area contributed by atoms with E-state index < -0.39 is 0 Å². The Hall–Kier alpha value is -1.33. The molecule has 1 fully saturated rings. The van der Waals surface area contributed by atoms with Crippen LogP contribution >= 0.6 is 0 Å². The second-order valence-electron chi connectivity index (χ2n) is 5.99. The molecule has 0 amide bonds. The number of benzene rings is 1. The Labute approximate surface area is 117 Å². The fourth-order valence-electron chi connectivity index (χ4n) is 2.95. The van der Waals surface area contributed by atoms with Gasteiger partial charge in [-0.2, -0.15) is 5.26 Å². The molecular formula is C17H24N2. The van der Waals surface area contributed by atoms with Gasteiger partial charge in [-0.05, 0) is 36.9 Å². The quantitative estimate of drug-likeness (QED) is 0.809. The Morgan fingerprint density at radius 2 is 1.89 bits per heavy atom. The minimum absolute atomic E-state index is 0.271. The van der Waals surface area contributed by atoms with Crippen LogP contribution in [0.5, 0.6) is 0 Å². The van der Waals surface area contributed by atoms with E-state index in [-0.39, 0.29) is 6.04 Å². The molecule has 1 unspecified atom stereocenters. The van der Waals surface area contributed by atoms with E-state index in [9.17, 15) is 0 Å². The molecule has 1 aliphatic heterocycles. The van der Waals surface area contributed by atoms with Crippen molar-refractivity contribution in [2.45, 2.75) is 45.6 Å². The highest BCUT2D eigenvalue weighted by Gasteiger charge is 2.31. The van der Waals surface area contributed by atoms with Crippen molar-refractivity contribution < 1.29 is 0 Å². The monoisotopic (exact) mass is 256 g/mol. The standard InChI is InChI=1S/C17H24N2/c1-3-17(2)10-13-19(14-11-17)16(9-12-18)15-7-5-4-6-8-15/h4-8,16H,3,9-11,13-14H2,1-2H3. The molecule has 0 aromatic heterocycles.